The van der Waals surface area contributed by atoms with Crippen LogP contribution >= 0.6 is 0 Å². The predicted octanol–water partition coefficient (Wildman–Crippen LogP) is 2.87. The van der Waals surface area contributed by atoms with Gasteiger partial charge in [-0.25, -0.2) is 0 Å². The Morgan fingerprint density at radius 1 is 1.03 bits per heavy atom. The molecule has 0 saturated heterocycles. The van der Waals surface area contributed by atoms with Gasteiger partial charge in [-0.15, -0.1) is 0 Å². The van der Waals surface area contributed by atoms with Crippen LogP contribution in [-0.2, 0) is 16.0 Å². The number of methoxy groups -OCH3 is 3. The molecule has 2 rings (SSSR count). The molecule has 0 radical (unpaired) electrons. The van der Waals surface area contributed by atoms with Gasteiger partial charge in [0.25, 0.3) is 5.91 Å². The van der Waals surface area contributed by atoms with Crippen molar-refractivity contribution in [3.63, 3.8) is 0 Å². The molecule has 0 aliphatic carbocycles. The molecule has 0 bridgehead atoms. The van der Waals surface area contributed by atoms with E-state index in [2.05, 4.69) is 10.1 Å². The minimum absolute atomic E-state index is 0.0641. The summed E-state index contributed by atoms with van der Waals surface area (Å²) >= 11 is 0. The molecule has 0 heterocycles. The first-order chi connectivity index (χ1) is 14.3. The van der Waals surface area contributed by atoms with Crippen LogP contribution in [-0.4, -0.2) is 44.7 Å². The molecule has 0 fully saturated rings. The molecule has 2 aromatic carbocycles. The number of nitro benzene ring substituents is 1. The van der Waals surface area contributed by atoms with Crippen molar-refractivity contribution >= 4 is 17.6 Å². The minimum atomic E-state index is -0.653. The monoisotopic (exact) mass is 418 g/mol. The molecule has 0 atom stereocenters. The molecule has 1 N–H and O–H groups in total. The maximum absolute atomic E-state index is 12.0. The van der Waals surface area contributed by atoms with E-state index in [-0.39, 0.29) is 35.0 Å². The number of nitrogens with zero attached hydrogens (tertiary/aromatic N) is 1. The third-order valence-corrected chi connectivity index (χ3v) is 4.06. The van der Waals surface area contributed by atoms with Crippen LogP contribution in [0.1, 0.15) is 22.8 Å². The molecule has 0 unspecified atom stereocenters. The summed E-state index contributed by atoms with van der Waals surface area (Å²) in [5.41, 5.74) is 0.217. The van der Waals surface area contributed by atoms with E-state index in [0.717, 1.165) is 6.07 Å². The zero-order valence-electron chi connectivity index (χ0n) is 17.0. The average molecular weight is 418 g/mol. The highest BCUT2D eigenvalue weighted by molar-refractivity contribution is 5.95. The largest absolute Gasteiger partial charge is 0.493 e. The van der Waals surface area contributed by atoms with Gasteiger partial charge in [0.1, 0.15) is 0 Å². The Bertz CT molecular complexity index is 958. The Kier molecular flexibility index (Phi) is 7.56. The van der Waals surface area contributed by atoms with E-state index in [4.69, 9.17) is 14.2 Å². The number of esters is 1. The summed E-state index contributed by atoms with van der Waals surface area (Å²) in [6.07, 6.45) is -0.0641. The molecule has 1 amide bonds. The molecule has 160 valence electrons. The van der Waals surface area contributed by atoms with Crippen molar-refractivity contribution in [2.24, 2.45) is 0 Å². The van der Waals surface area contributed by atoms with Crippen molar-refractivity contribution in [3.05, 3.63) is 51.6 Å². The van der Waals surface area contributed by atoms with Crippen LogP contribution in [0.3, 0.4) is 0 Å². The van der Waals surface area contributed by atoms with Gasteiger partial charge >= 0.3 is 11.7 Å². The number of carbonyl (C=O) groups is 2. The van der Waals surface area contributed by atoms with E-state index in [1.165, 1.54) is 39.5 Å². The zero-order chi connectivity index (χ0) is 22.3. The van der Waals surface area contributed by atoms with E-state index in [0.29, 0.717) is 12.1 Å². The fraction of sp³-hybridized carbons (Fsp3) is 0.300. The van der Waals surface area contributed by atoms with Crippen LogP contribution in [0.4, 0.5) is 5.69 Å². The predicted molar refractivity (Wildman–Crippen MR) is 106 cm³/mol. The first-order valence-electron chi connectivity index (χ1n) is 8.90. The second kappa shape index (κ2) is 10.1. The molecule has 2 aromatic rings. The highest BCUT2D eigenvalue weighted by Gasteiger charge is 2.22. The first kappa shape index (κ1) is 22.5. The Balaban J connectivity index is 2.51. The number of hydrogen-bond donors (Lipinski definition) is 1. The third kappa shape index (κ3) is 5.16. The summed E-state index contributed by atoms with van der Waals surface area (Å²) in [4.78, 5) is 34.5. The molecule has 0 aliphatic heterocycles. The Labute approximate surface area is 172 Å². The third-order valence-electron chi connectivity index (χ3n) is 4.06. The summed E-state index contributed by atoms with van der Waals surface area (Å²) in [5, 5.41) is 14.1. The van der Waals surface area contributed by atoms with Gasteiger partial charge < -0.3 is 24.3 Å². The molecular formula is C20H22N2O8. The van der Waals surface area contributed by atoms with Crippen molar-refractivity contribution in [1.29, 1.82) is 0 Å². The van der Waals surface area contributed by atoms with Gasteiger partial charge in [-0.1, -0.05) is 0 Å². The van der Waals surface area contributed by atoms with Crippen LogP contribution in [0.2, 0.25) is 0 Å². The van der Waals surface area contributed by atoms with E-state index < -0.39 is 22.5 Å². The molecular weight excluding hydrogens is 396 g/mol. The molecule has 10 heteroatoms. The van der Waals surface area contributed by atoms with Gasteiger partial charge in [-0.3, -0.25) is 19.7 Å². The SMILES string of the molecule is CCNC(=O)c1ccc(Oc2cc(CC(=O)OC)cc(OC)c2OC)c([N+](=O)[O-])c1. The topological polar surface area (TPSA) is 126 Å². The number of ether oxygens (including phenoxy) is 4. The number of benzene rings is 2. The first-order valence-corrected chi connectivity index (χ1v) is 8.90. The van der Waals surface area contributed by atoms with E-state index in [1.807, 2.05) is 0 Å². The number of nitro groups is 1. The van der Waals surface area contributed by atoms with Crippen molar-refractivity contribution in [3.8, 4) is 23.0 Å². The molecule has 0 aromatic heterocycles. The standard InChI is InChI=1S/C20H22N2O8/c1-5-21-20(24)13-6-7-15(14(11-13)22(25)26)30-17-9-12(10-18(23)28-3)8-16(27-2)19(17)29-4/h6-9,11H,5,10H2,1-4H3,(H,21,24). The van der Waals surface area contributed by atoms with Gasteiger partial charge in [0, 0.05) is 18.2 Å². The molecule has 10 nitrogen and oxygen atoms in total. The lowest BCUT2D eigenvalue weighted by Gasteiger charge is -2.15. The maximum Gasteiger partial charge on any atom is 0.312 e. The summed E-state index contributed by atoms with van der Waals surface area (Å²) in [6, 6.07) is 6.94. The molecule has 0 spiro atoms. The van der Waals surface area contributed by atoms with Gasteiger partial charge in [-0.2, -0.15) is 0 Å². The van der Waals surface area contributed by atoms with Gasteiger partial charge in [0.2, 0.25) is 11.5 Å². The van der Waals surface area contributed by atoms with Gasteiger partial charge in [-0.05, 0) is 36.8 Å². The maximum atomic E-state index is 12.0. The van der Waals surface area contributed by atoms with E-state index in [9.17, 15) is 19.7 Å². The summed E-state index contributed by atoms with van der Waals surface area (Å²) in [6.45, 7) is 2.12. The molecule has 0 saturated carbocycles. The lowest BCUT2D eigenvalue weighted by Crippen LogP contribution is -2.22. The van der Waals surface area contributed by atoms with Crippen LogP contribution in [0.25, 0.3) is 0 Å². The summed E-state index contributed by atoms with van der Waals surface area (Å²) in [5.74, 6) is -0.464. The highest BCUT2D eigenvalue weighted by Crippen LogP contribution is 2.43. The number of hydrogen-bond acceptors (Lipinski definition) is 8. The summed E-state index contributed by atoms with van der Waals surface area (Å²) in [7, 11) is 4.06. The van der Waals surface area contributed by atoms with Crippen LogP contribution in [0, 0.1) is 10.1 Å². The van der Waals surface area contributed by atoms with Crippen LogP contribution in [0.5, 0.6) is 23.0 Å². The van der Waals surface area contributed by atoms with Crippen molar-refractivity contribution < 1.29 is 33.5 Å². The lowest BCUT2D eigenvalue weighted by atomic mass is 10.1. The van der Waals surface area contributed by atoms with Crippen molar-refractivity contribution in [2.45, 2.75) is 13.3 Å². The number of amides is 1. The fourth-order valence-corrected chi connectivity index (χ4v) is 2.67. The van der Waals surface area contributed by atoms with Crippen molar-refractivity contribution in [1.82, 2.24) is 5.32 Å². The fourth-order valence-electron chi connectivity index (χ4n) is 2.67. The smallest absolute Gasteiger partial charge is 0.312 e. The van der Waals surface area contributed by atoms with Gasteiger partial charge in [0.05, 0.1) is 32.7 Å². The highest BCUT2D eigenvalue weighted by atomic mass is 16.6. The zero-order valence-corrected chi connectivity index (χ0v) is 17.0. The van der Waals surface area contributed by atoms with Crippen LogP contribution in [0.15, 0.2) is 30.3 Å². The van der Waals surface area contributed by atoms with E-state index >= 15 is 0 Å². The normalized spacial score (nSPS) is 10.1. The van der Waals surface area contributed by atoms with Crippen molar-refractivity contribution in [2.75, 3.05) is 27.9 Å². The van der Waals surface area contributed by atoms with E-state index in [1.54, 1.807) is 13.0 Å². The Morgan fingerprint density at radius 2 is 1.73 bits per heavy atom. The Hall–Kier alpha value is -3.82. The average Bonchev–Trinajstić information content (AvgIpc) is 2.73. The Morgan fingerprint density at radius 3 is 2.30 bits per heavy atom. The molecule has 0 aliphatic rings. The number of nitrogens with one attached hydrogen (secondary N) is 1. The molecule has 30 heavy (non-hydrogen) atoms. The second-order valence-electron chi connectivity index (χ2n) is 5.98. The lowest BCUT2D eigenvalue weighted by molar-refractivity contribution is -0.385. The van der Waals surface area contributed by atoms with Gasteiger partial charge in [0.15, 0.2) is 11.5 Å². The number of carbonyl (C=O) groups excluding carboxylic acids is 2. The number of rotatable bonds is 9. The minimum Gasteiger partial charge on any atom is -0.493 e. The quantitative estimate of drug-likeness (QED) is 0.374. The summed E-state index contributed by atoms with van der Waals surface area (Å²) < 4.78 is 21.0. The van der Waals surface area contributed by atoms with Crippen LogP contribution < -0.4 is 19.5 Å². The second-order valence-corrected chi connectivity index (χ2v) is 5.98.